The molecule has 3 aromatic carbocycles. The Morgan fingerprint density at radius 1 is 0.949 bits per heavy atom. The fourth-order valence-corrected chi connectivity index (χ4v) is 5.81. The van der Waals surface area contributed by atoms with E-state index in [2.05, 4.69) is 21.2 Å². The van der Waals surface area contributed by atoms with Crippen LogP contribution in [0.25, 0.3) is 0 Å². The topological polar surface area (TPSA) is 86.8 Å². The molecule has 3 aromatic rings. The summed E-state index contributed by atoms with van der Waals surface area (Å²) in [6.07, 6.45) is 0.745. The van der Waals surface area contributed by atoms with Crippen molar-refractivity contribution in [1.82, 2.24) is 10.2 Å². The molecule has 3 rings (SSSR count). The van der Waals surface area contributed by atoms with Crippen molar-refractivity contribution in [2.45, 2.75) is 64.6 Å². The van der Waals surface area contributed by atoms with Crippen LogP contribution in [0.5, 0.6) is 0 Å². The summed E-state index contributed by atoms with van der Waals surface area (Å²) in [5, 5.41) is 2.95. The Kier molecular flexibility index (Phi) is 10.3. The zero-order valence-electron chi connectivity index (χ0n) is 23.0. The molecule has 0 saturated carbocycles. The average molecular weight is 615 g/mol. The molecule has 39 heavy (non-hydrogen) atoms. The highest BCUT2D eigenvalue weighted by atomic mass is 79.9. The minimum Gasteiger partial charge on any atom is -0.352 e. The van der Waals surface area contributed by atoms with Gasteiger partial charge in [-0.15, -0.1) is 0 Å². The molecule has 1 N–H and O–H groups in total. The Morgan fingerprint density at radius 2 is 1.59 bits per heavy atom. The molecule has 0 bridgehead atoms. The summed E-state index contributed by atoms with van der Waals surface area (Å²) in [7, 11) is -4.09. The zero-order valence-corrected chi connectivity index (χ0v) is 25.4. The van der Waals surface area contributed by atoms with Gasteiger partial charge in [-0.25, -0.2) is 8.42 Å². The highest BCUT2D eigenvalue weighted by molar-refractivity contribution is 9.10. The summed E-state index contributed by atoms with van der Waals surface area (Å²) >= 11 is 3.42. The molecule has 2 atom stereocenters. The van der Waals surface area contributed by atoms with E-state index < -0.39 is 28.5 Å². The van der Waals surface area contributed by atoms with Gasteiger partial charge in [0, 0.05) is 17.1 Å². The second kappa shape index (κ2) is 13.3. The average Bonchev–Trinajstić information content (AvgIpc) is 2.92. The number of nitrogens with one attached hydrogen (secondary N) is 1. The maximum atomic E-state index is 14.0. The normalized spacial score (nSPS) is 12.9. The smallest absolute Gasteiger partial charge is 0.264 e. The van der Waals surface area contributed by atoms with Gasteiger partial charge in [-0.1, -0.05) is 65.3 Å². The van der Waals surface area contributed by atoms with Crippen LogP contribution in [0.3, 0.4) is 0 Å². The minimum absolute atomic E-state index is 0.0607. The number of nitrogens with zero attached hydrogens (tertiary/aromatic N) is 2. The summed E-state index contributed by atoms with van der Waals surface area (Å²) in [5.41, 5.74) is 2.82. The SMILES string of the molecule is CC[C@@H](C)NC(=O)[C@@H](C)N(Cc1ccc(Br)cc1)C(=O)CN(c1cc(C)ccc1C)S(=O)(=O)c1ccccc1. The summed E-state index contributed by atoms with van der Waals surface area (Å²) < 4.78 is 29.9. The number of benzene rings is 3. The maximum absolute atomic E-state index is 14.0. The van der Waals surface area contributed by atoms with Crippen LogP contribution in [0, 0.1) is 13.8 Å². The van der Waals surface area contributed by atoms with Crippen LogP contribution in [-0.2, 0) is 26.2 Å². The van der Waals surface area contributed by atoms with E-state index in [0.717, 1.165) is 31.9 Å². The number of sulfonamides is 1. The standard InChI is InChI=1S/C30H36BrN3O4S/c1-6-23(4)32-30(36)24(5)33(19-25-14-16-26(31)17-15-25)29(35)20-34(28-18-21(2)12-13-22(28)3)39(37,38)27-10-8-7-9-11-27/h7-18,23-24H,6,19-20H2,1-5H3,(H,32,36)/t23-,24-/m1/s1. The molecular weight excluding hydrogens is 578 g/mol. The number of carbonyl (C=O) groups excluding carboxylic acids is 2. The third-order valence-electron chi connectivity index (χ3n) is 6.68. The highest BCUT2D eigenvalue weighted by Crippen LogP contribution is 2.28. The first-order chi connectivity index (χ1) is 18.4. The van der Waals surface area contributed by atoms with Crippen LogP contribution < -0.4 is 9.62 Å². The number of anilines is 1. The molecule has 0 unspecified atom stereocenters. The van der Waals surface area contributed by atoms with Gasteiger partial charge in [-0.2, -0.15) is 0 Å². The van der Waals surface area contributed by atoms with Gasteiger partial charge in [-0.3, -0.25) is 13.9 Å². The summed E-state index contributed by atoms with van der Waals surface area (Å²) in [4.78, 5) is 28.7. The van der Waals surface area contributed by atoms with Gasteiger partial charge >= 0.3 is 0 Å². The van der Waals surface area contributed by atoms with E-state index in [0.29, 0.717) is 5.69 Å². The first kappa shape index (κ1) is 30.4. The summed E-state index contributed by atoms with van der Waals surface area (Å²) in [5.74, 6) is -0.774. The number of aryl methyl sites for hydroxylation is 2. The number of rotatable bonds is 11. The Balaban J connectivity index is 2.05. The van der Waals surface area contributed by atoms with E-state index in [1.54, 1.807) is 31.2 Å². The second-order valence-corrected chi connectivity index (χ2v) is 12.5. The lowest BCUT2D eigenvalue weighted by molar-refractivity contribution is -0.139. The van der Waals surface area contributed by atoms with Crippen molar-refractivity contribution in [2.75, 3.05) is 10.8 Å². The van der Waals surface area contributed by atoms with Gasteiger partial charge in [0.1, 0.15) is 12.6 Å². The highest BCUT2D eigenvalue weighted by Gasteiger charge is 2.33. The monoisotopic (exact) mass is 613 g/mol. The maximum Gasteiger partial charge on any atom is 0.264 e. The molecule has 0 spiro atoms. The number of halogens is 1. The molecule has 7 nitrogen and oxygen atoms in total. The first-order valence-electron chi connectivity index (χ1n) is 12.9. The number of amides is 2. The predicted molar refractivity (Wildman–Crippen MR) is 159 cm³/mol. The number of hydrogen-bond donors (Lipinski definition) is 1. The lowest BCUT2D eigenvalue weighted by atomic mass is 10.1. The predicted octanol–water partition coefficient (Wildman–Crippen LogP) is 5.59. The van der Waals surface area contributed by atoms with Crippen molar-refractivity contribution in [1.29, 1.82) is 0 Å². The van der Waals surface area contributed by atoms with E-state index >= 15 is 0 Å². The van der Waals surface area contributed by atoms with Gasteiger partial charge < -0.3 is 10.2 Å². The van der Waals surface area contributed by atoms with Crippen LogP contribution in [0.2, 0.25) is 0 Å². The van der Waals surface area contributed by atoms with Crippen LogP contribution in [-0.4, -0.2) is 43.8 Å². The largest absolute Gasteiger partial charge is 0.352 e. The molecule has 0 aliphatic heterocycles. The summed E-state index contributed by atoms with van der Waals surface area (Å²) in [6.45, 7) is 8.92. The Hall–Kier alpha value is -3.17. The molecule has 2 amide bonds. The van der Waals surface area contributed by atoms with Crippen molar-refractivity contribution >= 4 is 43.5 Å². The lowest BCUT2D eigenvalue weighted by Crippen LogP contribution is -2.52. The zero-order chi connectivity index (χ0) is 28.7. The van der Waals surface area contributed by atoms with Crippen LogP contribution in [0.4, 0.5) is 5.69 Å². The van der Waals surface area contributed by atoms with Gasteiger partial charge in [0.15, 0.2) is 0 Å². The second-order valence-electron chi connectivity index (χ2n) is 9.76. The molecule has 0 radical (unpaired) electrons. The van der Waals surface area contributed by atoms with Crippen molar-refractivity contribution in [2.24, 2.45) is 0 Å². The number of carbonyl (C=O) groups is 2. The molecule has 0 aliphatic carbocycles. The quantitative estimate of drug-likeness (QED) is 0.305. The third kappa shape index (κ3) is 7.70. The van der Waals surface area contributed by atoms with E-state index in [-0.39, 0.29) is 23.4 Å². The fourth-order valence-electron chi connectivity index (χ4n) is 4.06. The Bertz CT molecular complexity index is 1400. The Labute approximate surface area is 240 Å². The van der Waals surface area contributed by atoms with Crippen LogP contribution in [0.1, 0.15) is 43.9 Å². The molecule has 0 aliphatic rings. The number of hydrogen-bond acceptors (Lipinski definition) is 4. The summed E-state index contributed by atoms with van der Waals surface area (Å²) in [6, 6.07) is 20.1. The van der Waals surface area contributed by atoms with E-state index in [1.807, 2.05) is 64.1 Å². The van der Waals surface area contributed by atoms with Crippen molar-refractivity contribution in [3.8, 4) is 0 Å². The van der Waals surface area contributed by atoms with E-state index in [1.165, 1.54) is 17.0 Å². The third-order valence-corrected chi connectivity index (χ3v) is 8.98. The van der Waals surface area contributed by atoms with E-state index in [4.69, 9.17) is 0 Å². The lowest BCUT2D eigenvalue weighted by Gasteiger charge is -2.33. The van der Waals surface area contributed by atoms with E-state index in [9.17, 15) is 18.0 Å². The van der Waals surface area contributed by atoms with Gasteiger partial charge in [0.25, 0.3) is 10.0 Å². The van der Waals surface area contributed by atoms with Crippen molar-refractivity contribution in [3.63, 3.8) is 0 Å². The van der Waals surface area contributed by atoms with Gasteiger partial charge in [0.05, 0.1) is 10.6 Å². The van der Waals surface area contributed by atoms with Crippen LogP contribution >= 0.6 is 15.9 Å². The van der Waals surface area contributed by atoms with Gasteiger partial charge in [0.2, 0.25) is 11.8 Å². The van der Waals surface area contributed by atoms with Crippen molar-refractivity contribution in [3.05, 3.63) is 94.0 Å². The molecule has 9 heteroatoms. The first-order valence-corrected chi connectivity index (χ1v) is 15.2. The van der Waals surface area contributed by atoms with Gasteiger partial charge in [-0.05, 0) is 81.1 Å². The minimum atomic E-state index is -4.09. The fraction of sp³-hybridized carbons (Fsp3) is 0.333. The molecule has 0 heterocycles. The molecule has 0 aromatic heterocycles. The van der Waals surface area contributed by atoms with Crippen LogP contribution in [0.15, 0.2) is 82.2 Å². The molecule has 0 fully saturated rings. The molecule has 0 saturated heterocycles. The Morgan fingerprint density at radius 3 is 2.21 bits per heavy atom. The molecular formula is C30H36BrN3O4S. The molecule has 208 valence electrons. The van der Waals surface area contributed by atoms with Crippen molar-refractivity contribution < 1.29 is 18.0 Å².